The molecule has 5 rings (SSSR count). The molecule has 0 amide bonds. The van der Waals surface area contributed by atoms with E-state index in [0.717, 1.165) is 49.0 Å². The topological polar surface area (TPSA) is 73.0 Å². The van der Waals surface area contributed by atoms with E-state index in [4.69, 9.17) is 0 Å². The van der Waals surface area contributed by atoms with Crippen molar-refractivity contribution < 1.29 is 0 Å². The predicted molar refractivity (Wildman–Crippen MR) is 116 cm³/mol. The summed E-state index contributed by atoms with van der Waals surface area (Å²) in [6.45, 7) is 7.71. The molecule has 1 atom stereocenters. The Balaban J connectivity index is 1.36. The van der Waals surface area contributed by atoms with Crippen molar-refractivity contribution in [2.45, 2.75) is 46.3 Å². The van der Waals surface area contributed by atoms with Gasteiger partial charge in [0, 0.05) is 36.9 Å². The summed E-state index contributed by atoms with van der Waals surface area (Å²) in [6, 6.07) is 8.61. The summed E-state index contributed by atoms with van der Waals surface area (Å²) in [5, 5.41) is 7.42. The Morgan fingerprint density at radius 1 is 1.13 bits per heavy atom. The Morgan fingerprint density at radius 2 is 2.00 bits per heavy atom. The highest BCUT2D eigenvalue weighted by Crippen LogP contribution is 2.39. The monoisotopic (exact) mass is 423 g/mol. The van der Waals surface area contributed by atoms with Crippen LogP contribution in [0.4, 0.5) is 0 Å². The quantitative estimate of drug-likeness (QED) is 0.600. The van der Waals surface area contributed by atoms with E-state index < -0.39 is 11.1 Å². The molecule has 2 aromatic heterocycles. The Kier molecular flexibility index (Phi) is 4.71. The van der Waals surface area contributed by atoms with Crippen molar-refractivity contribution in [1.29, 1.82) is 0 Å². The van der Waals surface area contributed by atoms with Crippen molar-refractivity contribution >= 4 is 11.3 Å². The van der Waals surface area contributed by atoms with Gasteiger partial charge in [-0.15, -0.1) is 11.3 Å². The van der Waals surface area contributed by atoms with Gasteiger partial charge >= 0.3 is 11.1 Å². The second-order valence-corrected chi connectivity index (χ2v) is 9.82. The van der Waals surface area contributed by atoms with Crippen LogP contribution in [0, 0.1) is 19.3 Å². The van der Waals surface area contributed by atoms with Gasteiger partial charge in [0.05, 0.1) is 17.2 Å². The van der Waals surface area contributed by atoms with E-state index in [1.54, 1.807) is 4.57 Å². The second kappa shape index (κ2) is 7.28. The van der Waals surface area contributed by atoms with Gasteiger partial charge < -0.3 is 0 Å². The average molecular weight is 424 g/mol. The molecule has 1 saturated heterocycles. The molecule has 0 radical (unpaired) electrons. The summed E-state index contributed by atoms with van der Waals surface area (Å²) in [6.07, 6.45) is 1.75. The van der Waals surface area contributed by atoms with Crippen LogP contribution in [-0.4, -0.2) is 37.3 Å². The van der Waals surface area contributed by atoms with E-state index in [1.807, 2.05) is 12.3 Å². The molecule has 0 saturated carbocycles. The summed E-state index contributed by atoms with van der Waals surface area (Å²) in [7, 11) is 0. The molecule has 8 heteroatoms. The summed E-state index contributed by atoms with van der Waals surface area (Å²) in [4.78, 5) is 32.3. The molecule has 2 aliphatic rings. The fourth-order valence-electron chi connectivity index (χ4n) is 4.85. The molecule has 0 N–H and O–H groups in total. The Bertz CT molecular complexity index is 1230. The molecule has 7 nitrogen and oxygen atoms in total. The lowest BCUT2D eigenvalue weighted by Gasteiger charge is -2.22. The van der Waals surface area contributed by atoms with Gasteiger partial charge in [-0.3, -0.25) is 19.1 Å². The summed E-state index contributed by atoms with van der Waals surface area (Å²) >= 11 is 1.53. The molecule has 3 aromatic rings. The van der Waals surface area contributed by atoms with Gasteiger partial charge in [0.25, 0.3) is 0 Å². The van der Waals surface area contributed by atoms with Crippen molar-refractivity contribution in [2.75, 3.05) is 13.1 Å². The minimum absolute atomic E-state index is 0.00811. The van der Waals surface area contributed by atoms with Crippen LogP contribution in [0.2, 0.25) is 0 Å². The third-order valence-corrected chi connectivity index (χ3v) is 7.04. The number of fused-ring (bicyclic) bond motifs is 1. The lowest BCUT2D eigenvalue weighted by molar-refractivity contribution is 0.246. The standard InChI is InChI=1S/C22H25N5O2S/c1-15-4-3-5-17(8-15)10-25-7-6-22(13-25)9-19-24-27(11-18-12-30-16(2)23-18)21(29)20(28)26(19)14-22/h3-5,8,12H,6-7,9-11,13-14H2,1-2H3/t22-/m1/s1. The van der Waals surface area contributed by atoms with Crippen LogP contribution in [0.1, 0.15) is 34.1 Å². The van der Waals surface area contributed by atoms with Gasteiger partial charge in [-0.2, -0.15) is 5.10 Å². The van der Waals surface area contributed by atoms with Gasteiger partial charge in [0.2, 0.25) is 0 Å². The first-order valence-corrected chi connectivity index (χ1v) is 11.2. The van der Waals surface area contributed by atoms with Gasteiger partial charge in [0.15, 0.2) is 0 Å². The zero-order chi connectivity index (χ0) is 20.9. The van der Waals surface area contributed by atoms with Gasteiger partial charge in [-0.05, 0) is 32.4 Å². The molecule has 156 valence electrons. The summed E-state index contributed by atoms with van der Waals surface area (Å²) in [5.41, 5.74) is 2.34. The Labute approximate surface area is 178 Å². The summed E-state index contributed by atoms with van der Waals surface area (Å²) < 4.78 is 2.91. The van der Waals surface area contributed by atoms with Gasteiger partial charge in [-0.1, -0.05) is 29.8 Å². The lowest BCUT2D eigenvalue weighted by Crippen LogP contribution is -2.43. The highest BCUT2D eigenvalue weighted by Gasteiger charge is 2.44. The molecule has 1 aromatic carbocycles. The van der Waals surface area contributed by atoms with Crippen LogP contribution in [0.3, 0.4) is 0 Å². The number of hydrogen-bond acceptors (Lipinski definition) is 6. The van der Waals surface area contributed by atoms with Crippen molar-refractivity contribution in [3.63, 3.8) is 0 Å². The highest BCUT2D eigenvalue weighted by atomic mass is 32.1. The second-order valence-electron chi connectivity index (χ2n) is 8.75. The van der Waals surface area contributed by atoms with Crippen molar-refractivity contribution in [3.05, 3.63) is 78.0 Å². The SMILES string of the molecule is Cc1cccc(CN2CC[C@@]3(Cc4nn(Cc5csc(C)n5)c(=O)c(=O)n4C3)C2)c1. The molecular formula is C22H25N5O2S. The van der Waals surface area contributed by atoms with Crippen molar-refractivity contribution in [1.82, 2.24) is 24.2 Å². The number of aryl methyl sites for hydroxylation is 2. The number of likely N-dealkylation sites (tertiary alicyclic amines) is 1. The minimum atomic E-state index is -0.559. The normalized spacial score (nSPS) is 20.9. The number of rotatable bonds is 4. The van der Waals surface area contributed by atoms with Crippen LogP contribution in [-0.2, 0) is 26.1 Å². The Morgan fingerprint density at radius 3 is 2.77 bits per heavy atom. The first kappa shape index (κ1) is 19.4. The van der Waals surface area contributed by atoms with Crippen LogP contribution < -0.4 is 11.1 Å². The summed E-state index contributed by atoms with van der Waals surface area (Å²) in [5.74, 6) is 0.726. The molecular weight excluding hydrogens is 398 g/mol. The number of benzene rings is 1. The van der Waals surface area contributed by atoms with E-state index in [9.17, 15) is 9.59 Å². The maximum Gasteiger partial charge on any atom is 0.332 e. The maximum absolute atomic E-state index is 12.8. The molecule has 0 aliphatic carbocycles. The molecule has 30 heavy (non-hydrogen) atoms. The van der Waals surface area contributed by atoms with E-state index in [0.29, 0.717) is 6.54 Å². The van der Waals surface area contributed by atoms with Crippen molar-refractivity contribution in [3.8, 4) is 0 Å². The van der Waals surface area contributed by atoms with Crippen LogP contribution >= 0.6 is 11.3 Å². The van der Waals surface area contributed by atoms with Crippen LogP contribution in [0.5, 0.6) is 0 Å². The predicted octanol–water partition coefficient (Wildman–Crippen LogP) is 1.98. The van der Waals surface area contributed by atoms with Gasteiger partial charge in [-0.25, -0.2) is 9.67 Å². The fourth-order valence-corrected chi connectivity index (χ4v) is 5.45. The average Bonchev–Trinajstić information content (AvgIpc) is 3.39. The lowest BCUT2D eigenvalue weighted by atomic mass is 9.86. The third kappa shape index (κ3) is 3.54. The largest absolute Gasteiger partial charge is 0.332 e. The number of aromatic nitrogens is 4. The zero-order valence-corrected chi connectivity index (χ0v) is 18.1. The first-order chi connectivity index (χ1) is 14.4. The molecule has 4 heterocycles. The fraction of sp³-hybridized carbons (Fsp3) is 0.455. The molecule has 1 spiro atoms. The van der Waals surface area contributed by atoms with Crippen LogP contribution in [0.15, 0.2) is 39.2 Å². The molecule has 1 fully saturated rings. The number of nitrogens with zero attached hydrogens (tertiary/aromatic N) is 5. The maximum atomic E-state index is 12.8. The first-order valence-electron chi connectivity index (χ1n) is 10.3. The minimum Gasteiger partial charge on any atom is -0.298 e. The van der Waals surface area contributed by atoms with E-state index >= 15 is 0 Å². The van der Waals surface area contributed by atoms with E-state index in [2.05, 4.69) is 46.2 Å². The van der Waals surface area contributed by atoms with Crippen molar-refractivity contribution in [2.24, 2.45) is 5.41 Å². The smallest absolute Gasteiger partial charge is 0.298 e. The zero-order valence-electron chi connectivity index (χ0n) is 17.3. The number of thiazole rings is 1. The van der Waals surface area contributed by atoms with E-state index in [1.165, 1.54) is 27.1 Å². The van der Waals surface area contributed by atoms with E-state index in [-0.39, 0.29) is 12.0 Å². The molecule has 2 aliphatic heterocycles. The molecule has 0 unspecified atom stereocenters. The highest BCUT2D eigenvalue weighted by molar-refractivity contribution is 7.09. The molecule has 0 bridgehead atoms. The number of hydrogen-bond donors (Lipinski definition) is 0. The Hall–Kier alpha value is -2.58. The third-order valence-electron chi connectivity index (χ3n) is 6.22. The van der Waals surface area contributed by atoms with Crippen LogP contribution in [0.25, 0.3) is 0 Å². The van der Waals surface area contributed by atoms with Gasteiger partial charge in [0.1, 0.15) is 5.82 Å².